The molecule has 2 aromatic carbocycles. The van der Waals surface area contributed by atoms with Gasteiger partial charge in [0.15, 0.2) is 23.1 Å². The zero-order valence-electron chi connectivity index (χ0n) is 17.0. The second-order valence-corrected chi connectivity index (χ2v) is 9.12. The maximum atomic E-state index is 12.9. The fraction of sp³-hybridized carbons (Fsp3) is 0.391. The number of carbonyl (C=O) groups excluding carboxylic acids is 1. The molecule has 3 atom stereocenters. The van der Waals surface area contributed by atoms with Crippen molar-refractivity contribution in [3.8, 4) is 11.5 Å². The second-order valence-electron chi connectivity index (χ2n) is 8.06. The number of likely N-dealkylation sites (tertiary alicyclic amines) is 1. The van der Waals surface area contributed by atoms with E-state index in [1.54, 1.807) is 11.3 Å². The Morgan fingerprint density at radius 2 is 2.10 bits per heavy atom. The van der Waals surface area contributed by atoms with Gasteiger partial charge in [0.1, 0.15) is 6.04 Å². The summed E-state index contributed by atoms with van der Waals surface area (Å²) >= 11 is 1.77. The predicted molar refractivity (Wildman–Crippen MR) is 116 cm³/mol. The third-order valence-electron chi connectivity index (χ3n) is 6.00. The Balaban J connectivity index is 1.26. The summed E-state index contributed by atoms with van der Waals surface area (Å²) in [5.74, 6) is 1.57. The van der Waals surface area contributed by atoms with Crippen molar-refractivity contribution in [2.24, 2.45) is 0 Å². The Kier molecular flexibility index (Phi) is 5.31. The van der Waals surface area contributed by atoms with Gasteiger partial charge in [-0.25, -0.2) is 4.98 Å². The molecule has 1 amide bonds. The third kappa shape index (κ3) is 3.87. The molecule has 1 saturated heterocycles. The minimum absolute atomic E-state index is 0.0724. The summed E-state index contributed by atoms with van der Waals surface area (Å²) in [4.78, 5) is 19.1. The molecule has 0 saturated carbocycles. The number of nitrogens with one attached hydrogen (secondary N) is 2. The quantitative estimate of drug-likeness (QED) is 0.661. The van der Waals surface area contributed by atoms with Crippen molar-refractivity contribution >= 4 is 27.5 Å². The molecule has 3 aromatic rings. The van der Waals surface area contributed by atoms with Crippen molar-refractivity contribution in [3.05, 3.63) is 53.0 Å². The fourth-order valence-electron chi connectivity index (χ4n) is 4.39. The molecule has 1 unspecified atom stereocenters. The normalized spacial score (nSPS) is 21.5. The van der Waals surface area contributed by atoms with Gasteiger partial charge in [0.05, 0.1) is 22.8 Å². The number of hydrogen-bond donors (Lipinski definition) is 2. The number of hydrogen-bond acceptors (Lipinski definition) is 5. The minimum atomic E-state index is -0.0860. The van der Waals surface area contributed by atoms with Crippen molar-refractivity contribution in [3.63, 3.8) is 0 Å². The molecule has 156 valence electrons. The van der Waals surface area contributed by atoms with E-state index in [2.05, 4.69) is 23.5 Å². The number of para-hydroxylation sites is 1. The van der Waals surface area contributed by atoms with Crippen LogP contribution in [0.15, 0.2) is 42.5 Å². The standard InChI is InChI=1S/C23H25N3O3S/c1-15(16-9-10-19-20(12-16)29-14-28-19)24-22(27)13-26-11-5-4-7-18(26)23-25-17-6-2-3-8-21(17)30-23/h2-3,6,8-10,12,15,18H,4-5,7,11,13-14H2,1H3,(H,24,27)/p+1/t15-,18-/m1/s1. The molecule has 0 aliphatic carbocycles. The topological polar surface area (TPSA) is 64.9 Å². The smallest absolute Gasteiger partial charge is 0.275 e. The summed E-state index contributed by atoms with van der Waals surface area (Å²) in [7, 11) is 0. The lowest BCUT2D eigenvalue weighted by atomic mass is 10.0. The van der Waals surface area contributed by atoms with Gasteiger partial charge >= 0.3 is 0 Å². The van der Waals surface area contributed by atoms with Crippen molar-refractivity contribution in [2.45, 2.75) is 38.3 Å². The van der Waals surface area contributed by atoms with E-state index >= 15 is 0 Å². The second kappa shape index (κ2) is 8.24. The van der Waals surface area contributed by atoms with Crippen molar-refractivity contribution in [1.82, 2.24) is 10.3 Å². The Labute approximate surface area is 179 Å². The number of benzene rings is 2. The number of nitrogens with zero attached hydrogens (tertiary/aromatic N) is 1. The van der Waals surface area contributed by atoms with Crippen LogP contribution in [0.5, 0.6) is 11.5 Å². The largest absolute Gasteiger partial charge is 0.454 e. The van der Waals surface area contributed by atoms with Crippen LogP contribution in [-0.2, 0) is 4.79 Å². The SMILES string of the molecule is C[C@@H](NC(=O)C[NH+]1CCCC[C@@H]1c1nc2ccccc2s1)c1ccc2c(c1)OCO2. The summed E-state index contributed by atoms with van der Waals surface area (Å²) < 4.78 is 12.1. The highest BCUT2D eigenvalue weighted by Gasteiger charge is 2.32. The lowest BCUT2D eigenvalue weighted by molar-refractivity contribution is -0.929. The molecule has 0 spiro atoms. The van der Waals surface area contributed by atoms with Crippen LogP contribution in [-0.4, -0.2) is 30.8 Å². The van der Waals surface area contributed by atoms with Crippen molar-refractivity contribution in [2.75, 3.05) is 19.9 Å². The van der Waals surface area contributed by atoms with Gasteiger partial charge in [-0.15, -0.1) is 11.3 Å². The van der Waals surface area contributed by atoms with Gasteiger partial charge in [0.2, 0.25) is 6.79 Å². The molecular formula is C23H26N3O3S+. The summed E-state index contributed by atoms with van der Waals surface area (Å²) in [6, 6.07) is 14.3. The van der Waals surface area contributed by atoms with Crippen LogP contribution in [0.2, 0.25) is 0 Å². The van der Waals surface area contributed by atoms with E-state index in [-0.39, 0.29) is 18.7 Å². The average molecular weight is 425 g/mol. The molecule has 2 N–H and O–H groups in total. The number of carbonyl (C=O) groups is 1. The molecule has 6 nitrogen and oxygen atoms in total. The van der Waals surface area contributed by atoms with Crippen LogP contribution in [0.1, 0.15) is 48.8 Å². The Bertz CT molecular complexity index is 1030. The van der Waals surface area contributed by atoms with Crippen LogP contribution >= 0.6 is 11.3 Å². The van der Waals surface area contributed by atoms with Gasteiger partial charge in [0.25, 0.3) is 5.91 Å². The van der Waals surface area contributed by atoms with Gasteiger partial charge < -0.3 is 19.7 Å². The first kappa shape index (κ1) is 19.3. The molecule has 5 rings (SSSR count). The fourth-order valence-corrected chi connectivity index (χ4v) is 5.55. The van der Waals surface area contributed by atoms with Crippen LogP contribution in [0.25, 0.3) is 10.2 Å². The molecule has 7 heteroatoms. The van der Waals surface area contributed by atoms with Crippen molar-refractivity contribution < 1.29 is 19.2 Å². The van der Waals surface area contributed by atoms with Gasteiger partial charge in [0, 0.05) is 6.42 Å². The average Bonchev–Trinajstić information content (AvgIpc) is 3.40. The molecule has 0 bridgehead atoms. The number of ether oxygens (including phenoxy) is 2. The van der Waals surface area contributed by atoms with Crippen LogP contribution < -0.4 is 19.7 Å². The first-order valence-electron chi connectivity index (χ1n) is 10.6. The third-order valence-corrected chi connectivity index (χ3v) is 7.15. The van der Waals surface area contributed by atoms with Crippen LogP contribution in [0.3, 0.4) is 0 Å². The number of thiazole rings is 1. The highest BCUT2D eigenvalue weighted by atomic mass is 32.1. The molecule has 2 aliphatic heterocycles. The first-order valence-corrected chi connectivity index (χ1v) is 11.4. The zero-order chi connectivity index (χ0) is 20.5. The van der Waals surface area contributed by atoms with Gasteiger partial charge in [-0.2, -0.15) is 0 Å². The molecular weight excluding hydrogens is 398 g/mol. The number of quaternary nitrogens is 1. The van der Waals surface area contributed by atoms with Crippen molar-refractivity contribution in [1.29, 1.82) is 0 Å². The molecule has 1 aromatic heterocycles. The Morgan fingerprint density at radius 1 is 1.23 bits per heavy atom. The lowest BCUT2D eigenvalue weighted by Crippen LogP contribution is -3.14. The molecule has 2 aliphatic rings. The zero-order valence-corrected chi connectivity index (χ0v) is 17.8. The van der Waals surface area contributed by atoms with E-state index in [0.717, 1.165) is 47.0 Å². The van der Waals surface area contributed by atoms with Gasteiger partial charge in [-0.05, 0) is 49.6 Å². The summed E-state index contributed by atoms with van der Waals surface area (Å²) in [6.07, 6.45) is 3.43. The number of rotatable bonds is 5. The summed E-state index contributed by atoms with van der Waals surface area (Å²) in [6.45, 7) is 3.74. The Morgan fingerprint density at radius 3 is 3.00 bits per heavy atom. The highest BCUT2D eigenvalue weighted by molar-refractivity contribution is 7.18. The van der Waals surface area contributed by atoms with Crippen LogP contribution in [0.4, 0.5) is 0 Å². The number of amides is 1. The maximum absolute atomic E-state index is 12.9. The van der Waals surface area contributed by atoms with E-state index in [1.807, 2.05) is 31.2 Å². The first-order chi connectivity index (χ1) is 14.7. The predicted octanol–water partition coefficient (Wildman–Crippen LogP) is 3.01. The summed E-state index contributed by atoms with van der Waals surface area (Å²) in [5.41, 5.74) is 2.08. The number of piperidine rings is 1. The summed E-state index contributed by atoms with van der Waals surface area (Å²) in [5, 5.41) is 4.32. The molecule has 1 fully saturated rings. The van der Waals surface area contributed by atoms with Gasteiger partial charge in [-0.3, -0.25) is 4.79 Å². The van der Waals surface area contributed by atoms with E-state index in [9.17, 15) is 4.79 Å². The maximum Gasteiger partial charge on any atom is 0.275 e. The molecule has 3 heterocycles. The monoisotopic (exact) mass is 424 g/mol. The Hall–Kier alpha value is -2.64. The van der Waals surface area contributed by atoms with Crippen LogP contribution in [0, 0.1) is 0 Å². The minimum Gasteiger partial charge on any atom is -0.454 e. The molecule has 30 heavy (non-hydrogen) atoms. The molecule has 0 radical (unpaired) electrons. The van der Waals surface area contributed by atoms with E-state index in [0.29, 0.717) is 12.6 Å². The highest BCUT2D eigenvalue weighted by Crippen LogP contribution is 2.34. The van der Waals surface area contributed by atoms with E-state index in [4.69, 9.17) is 14.5 Å². The lowest BCUT2D eigenvalue weighted by Gasteiger charge is -2.31. The number of fused-ring (bicyclic) bond motifs is 2. The number of aromatic nitrogens is 1. The van der Waals surface area contributed by atoms with Gasteiger partial charge in [-0.1, -0.05) is 18.2 Å². The van der Waals surface area contributed by atoms with E-state index in [1.165, 1.54) is 16.0 Å². The van der Waals surface area contributed by atoms with E-state index < -0.39 is 0 Å².